The van der Waals surface area contributed by atoms with Crippen LogP contribution in [0.1, 0.15) is 50.5 Å². The van der Waals surface area contributed by atoms with E-state index in [-0.39, 0.29) is 11.3 Å². The summed E-state index contributed by atoms with van der Waals surface area (Å²) in [7, 11) is 3.01. The lowest BCUT2D eigenvalue weighted by atomic mass is 9.90. The van der Waals surface area contributed by atoms with Crippen molar-refractivity contribution in [2.45, 2.75) is 57.1 Å². The van der Waals surface area contributed by atoms with Crippen molar-refractivity contribution in [3.63, 3.8) is 0 Å². The largest absolute Gasteiger partial charge is 0.493 e. The SMILES string of the molecule is COc1cc(C#N)c(NC(=O)SN2CCCCC2C(O)C2CCCC2)cc1OC. The number of carbonyl (C=O) groups is 1. The molecule has 3 rings (SSSR count). The van der Waals surface area contributed by atoms with Crippen LogP contribution in [0.2, 0.25) is 0 Å². The minimum Gasteiger partial charge on any atom is -0.493 e. The lowest BCUT2D eigenvalue weighted by molar-refractivity contribution is 0.0311. The molecule has 2 atom stereocenters. The van der Waals surface area contributed by atoms with E-state index in [0.717, 1.165) is 50.6 Å². The Hall–Kier alpha value is -1.95. The third-order valence-corrected chi connectivity index (χ3v) is 6.81. The molecule has 1 aromatic rings. The summed E-state index contributed by atoms with van der Waals surface area (Å²) < 4.78 is 12.5. The van der Waals surface area contributed by atoms with E-state index in [4.69, 9.17) is 9.47 Å². The zero-order chi connectivity index (χ0) is 20.8. The van der Waals surface area contributed by atoms with Gasteiger partial charge in [0.05, 0.1) is 31.6 Å². The number of aliphatic hydroxyl groups excluding tert-OH is 1. The highest BCUT2D eigenvalue weighted by Crippen LogP contribution is 2.37. The number of aliphatic hydroxyl groups is 1. The number of amides is 1. The molecule has 1 aliphatic heterocycles. The van der Waals surface area contributed by atoms with Gasteiger partial charge in [0, 0.05) is 36.7 Å². The van der Waals surface area contributed by atoms with E-state index in [1.54, 1.807) is 12.1 Å². The van der Waals surface area contributed by atoms with Crippen LogP contribution in [0.5, 0.6) is 11.5 Å². The number of hydrogen-bond acceptors (Lipinski definition) is 7. The summed E-state index contributed by atoms with van der Waals surface area (Å²) in [4.78, 5) is 12.7. The van der Waals surface area contributed by atoms with E-state index >= 15 is 0 Å². The van der Waals surface area contributed by atoms with E-state index in [1.165, 1.54) is 27.1 Å². The quantitative estimate of drug-likeness (QED) is 0.669. The van der Waals surface area contributed by atoms with E-state index in [1.807, 2.05) is 4.31 Å². The van der Waals surface area contributed by atoms with Gasteiger partial charge in [0.1, 0.15) is 6.07 Å². The minimum atomic E-state index is -0.395. The van der Waals surface area contributed by atoms with Crippen molar-refractivity contribution in [1.29, 1.82) is 5.26 Å². The van der Waals surface area contributed by atoms with Crippen molar-refractivity contribution in [2.24, 2.45) is 5.92 Å². The molecule has 1 amide bonds. The van der Waals surface area contributed by atoms with Crippen LogP contribution >= 0.6 is 11.9 Å². The van der Waals surface area contributed by atoms with E-state index in [9.17, 15) is 15.2 Å². The predicted molar refractivity (Wildman–Crippen MR) is 113 cm³/mol. The van der Waals surface area contributed by atoms with Crippen LogP contribution < -0.4 is 14.8 Å². The first kappa shape index (κ1) is 21.8. The second-order valence-corrected chi connectivity index (χ2v) is 8.63. The lowest BCUT2D eigenvalue weighted by Crippen LogP contribution is -2.46. The number of rotatable bonds is 6. The molecule has 158 valence electrons. The number of anilines is 1. The molecule has 2 N–H and O–H groups in total. The lowest BCUT2D eigenvalue weighted by Gasteiger charge is -2.38. The van der Waals surface area contributed by atoms with Crippen LogP contribution in [0, 0.1) is 17.2 Å². The van der Waals surface area contributed by atoms with Gasteiger partial charge >= 0.3 is 0 Å². The molecule has 1 aromatic carbocycles. The number of nitrogens with one attached hydrogen (secondary N) is 1. The maximum absolute atomic E-state index is 12.7. The summed E-state index contributed by atoms with van der Waals surface area (Å²) in [6, 6.07) is 5.21. The Kier molecular flexibility index (Phi) is 7.64. The Labute approximate surface area is 176 Å². The van der Waals surface area contributed by atoms with Gasteiger partial charge in [-0.05, 0) is 31.6 Å². The van der Waals surface area contributed by atoms with Gasteiger partial charge in [-0.25, -0.2) is 4.31 Å². The fourth-order valence-electron chi connectivity index (χ4n) is 4.31. The summed E-state index contributed by atoms with van der Waals surface area (Å²) in [5, 5.41) is 22.8. The highest BCUT2D eigenvalue weighted by atomic mass is 32.2. The molecule has 2 fully saturated rings. The van der Waals surface area contributed by atoms with Gasteiger partial charge in [-0.15, -0.1) is 0 Å². The molecule has 8 heteroatoms. The summed E-state index contributed by atoms with van der Waals surface area (Å²) in [5.41, 5.74) is 0.685. The van der Waals surface area contributed by atoms with Gasteiger partial charge in [0.2, 0.25) is 0 Å². The van der Waals surface area contributed by atoms with Gasteiger partial charge < -0.3 is 19.9 Å². The molecule has 1 saturated carbocycles. The fraction of sp³-hybridized carbons (Fsp3) is 0.619. The van der Waals surface area contributed by atoms with Crippen LogP contribution in [0.3, 0.4) is 0 Å². The van der Waals surface area contributed by atoms with E-state index < -0.39 is 6.10 Å². The Bertz CT molecular complexity index is 761. The van der Waals surface area contributed by atoms with Gasteiger partial charge in [-0.2, -0.15) is 5.26 Å². The zero-order valence-corrected chi connectivity index (χ0v) is 17.8. The number of nitriles is 1. The average molecular weight is 420 g/mol. The summed E-state index contributed by atoms with van der Waals surface area (Å²) in [6.07, 6.45) is 7.08. The van der Waals surface area contributed by atoms with Crippen LogP contribution in [0.15, 0.2) is 12.1 Å². The molecule has 1 saturated heterocycles. The van der Waals surface area contributed by atoms with Crippen molar-refractivity contribution in [2.75, 3.05) is 26.1 Å². The van der Waals surface area contributed by atoms with Crippen molar-refractivity contribution in [1.82, 2.24) is 4.31 Å². The average Bonchev–Trinajstić information content (AvgIpc) is 3.28. The number of methoxy groups -OCH3 is 2. The van der Waals surface area contributed by atoms with Gasteiger partial charge in [-0.3, -0.25) is 4.79 Å². The number of carbonyl (C=O) groups excluding carboxylic acids is 1. The Morgan fingerprint density at radius 2 is 1.86 bits per heavy atom. The van der Waals surface area contributed by atoms with E-state index in [0.29, 0.717) is 28.7 Å². The fourth-order valence-corrected chi connectivity index (χ4v) is 5.27. The monoisotopic (exact) mass is 419 g/mol. The third kappa shape index (κ3) is 5.16. The highest BCUT2D eigenvalue weighted by Gasteiger charge is 2.36. The number of benzene rings is 1. The first-order chi connectivity index (χ1) is 14.1. The molecule has 1 heterocycles. The molecule has 2 aliphatic rings. The Morgan fingerprint density at radius 1 is 1.21 bits per heavy atom. The molecule has 2 unspecified atom stereocenters. The maximum atomic E-state index is 12.7. The number of ether oxygens (including phenoxy) is 2. The Morgan fingerprint density at radius 3 is 2.52 bits per heavy atom. The molecule has 7 nitrogen and oxygen atoms in total. The standard InChI is InChI=1S/C21H29N3O4S/c1-27-18-11-15(13-22)16(12-19(18)28-2)23-21(26)29-24-10-6-5-9-17(24)20(25)14-7-3-4-8-14/h11-12,14,17,20,25H,3-10H2,1-2H3,(H,23,26). The summed E-state index contributed by atoms with van der Waals surface area (Å²) in [6.45, 7) is 0.767. The Balaban J connectivity index is 1.69. The maximum Gasteiger partial charge on any atom is 0.298 e. The highest BCUT2D eigenvalue weighted by molar-refractivity contribution is 8.11. The van der Waals surface area contributed by atoms with Gasteiger partial charge in [-0.1, -0.05) is 19.3 Å². The smallest absolute Gasteiger partial charge is 0.298 e. The topological polar surface area (TPSA) is 94.8 Å². The van der Waals surface area contributed by atoms with Crippen molar-refractivity contribution in [3.8, 4) is 17.6 Å². The molecule has 29 heavy (non-hydrogen) atoms. The predicted octanol–water partition coefficient (Wildman–Crippen LogP) is 4.16. The molecule has 1 aliphatic carbocycles. The summed E-state index contributed by atoms with van der Waals surface area (Å²) >= 11 is 1.10. The van der Waals surface area contributed by atoms with Crippen LogP contribution in [-0.2, 0) is 0 Å². The molecule has 0 radical (unpaired) electrons. The number of nitrogens with zero attached hydrogens (tertiary/aromatic N) is 2. The minimum absolute atomic E-state index is 0.0107. The number of hydrogen-bond donors (Lipinski definition) is 2. The molecule has 0 bridgehead atoms. The first-order valence-corrected chi connectivity index (χ1v) is 10.9. The van der Waals surface area contributed by atoms with Crippen LogP contribution in [-0.4, -0.2) is 47.6 Å². The van der Waals surface area contributed by atoms with Crippen molar-refractivity contribution >= 4 is 22.9 Å². The molecular formula is C21H29N3O4S. The normalized spacial score (nSPS) is 21.4. The molecule has 0 spiro atoms. The number of piperidine rings is 1. The molecular weight excluding hydrogens is 390 g/mol. The third-order valence-electron chi connectivity index (χ3n) is 5.86. The second-order valence-electron chi connectivity index (χ2n) is 7.61. The van der Waals surface area contributed by atoms with Crippen molar-refractivity contribution < 1.29 is 19.4 Å². The van der Waals surface area contributed by atoms with Crippen LogP contribution in [0.25, 0.3) is 0 Å². The van der Waals surface area contributed by atoms with Crippen LogP contribution in [0.4, 0.5) is 10.5 Å². The second kappa shape index (κ2) is 10.2. The first-order valence-electron chi connectivity index (χ1n) is 10.2. The zero-order valence-electron chi connectivity index (χ0n) is 17.0. The summed E-state index contributed by atoms with van der Waals surface area (Å²) in [5.74, 6) is 1.21. The molecule has 0 aromatic heterocycles. The van der Waals surface area contributed by atoms with Crippen molar-refractivity contribution in [3.05, 3.63) is 17.7 Å². The van der Waals surface area contributed by atoms with Gasteiger partial charge in [0.15, 0.2) is 11.5 Å². The van der Waals surface area contributed by atoms with E-state index in [2.05, 4.69) is 11.4 Å². The van der Waals surface area contributed by atoms with Gasteiger partial charge in [0.25, 0.3) is 5.24 Å².